The summed E-state index contributed by atoms with van der Waals surface area (Å²) in [5, 5.41) is 12.2. The summed E-state index contributed by atoms with van der Waals surface area (Å²) < 4.78 is 0. The van der Waals surface area contributed by atoms with Gasteiger partial charge in [0.25, 0.3) is 0 Å². The van der Waals surface area contributed by atoms with Crippen LogP contribution in [-0.4, -0.2) is 47.1 Å². The minimum atomic E-state index is -0.436. The minimum Gasteiger partial charge on any atom is -0.396 e. The smallest absolute Gasteiger partial charge is 0.246 e. The normalized spacial score (nSPS) is 25.0. The molecule has 0 spiro atoms. The predicted molar refractivity (Wildman–Crippen MR) is 59.7 cm³/mol. The van der Waals surface area contributed by atoms with Gasteiger partial charge in [0.2, 0.25) is 11.8 Å². The van der Waals surface area contributed by atoms with E-state index in [9.17, 15) is 9.59 Å². The Bertz CT molecular complexity index is 293. The number of hydrogen-bond donors (Lipinski definition) is 2. The van der Waals surface area contributed by atoms with Crippen LogP contribution in [0, 0.1) is 0 Å². The molecule has 2 N–H and O–H groups in total. The molecule has 0 radical (unpaired) electrons. The molecule has 1 aliphatic rings. The van der Waals surface area contributed by atoms with E-state index >= 15 is 0 Å². The number of aliphatic hydroxyl groups is 1. The van der Waals surface area contributed by atoms with Crippen LogP contribution in [0.5, 0.6) is 0 Å². The van der Waals surface area contributed by atoms with E-state index in [0.717, 1.165) is 11.3 Å². The molecule has 2 unspecified atom stereocenters. The number of likely N-dealkylation sites (N-methyl/N-ethyl adjacent to an activating group) is 1. The van der Waals surface area contributed by atoms with Crippen LogP contribution < -0.4 is 5.32 Å². The third kappa shape index (κ3) is 2.59. The molecule has 92 valence electrons. The summed E-state index contributed by atoms with van der Waals surface area (Å²) in [6.07, 6.45) is 1.59. The molecule has 0 aromatic carbocycles. The minimum absolute atomic E-state index is 0.0715. The van der Waals surface area contributed by atoms with Gasteiger partial charge >= 0.3 is 0 Å². The standard InChI is InChI=1S/C11H20N2O3/c1-4-11(2,5-6-14)12-8-7-9(15)13(3)10(8)16/h8,12,14H,4-7H2,1-3H3. The molecule has 5 heteroatoms. The lowest BCUT2D eigenvalue weighted by Gasteiger charge is -2.31. The average Bonchev–Trinajstić information content (AvgIpc) is 2.47. The molecule has 0 aromatic heterocycles. The molecule has 2 amide bonds. The number of carbonyl (C=O) groups excluding carboxylic acids is 2. The van der Waals surface area contributed by atoms with Crippen molar-refractivity contribution in [1.29, 1.82) is 0 Å². The zero-order chi connectivity index (χ0) is 12.3. The lowest BCUT2D eigenvalue weighted by atomic mass is 9.93. The van der Waals surface area contributed by atoms with E-state index in [1.54, 1.807) is 0 Å². The van der Waals surface area contributed by atoms with E-state index < -0.39 is 6.04 Å². The first-order valence-corrected chi connectivity index (χ1v) is 5.62. The molecule has 16 heavy (non-hydrogen) atoms. The van der Waals surface area contributed by atoms with E-state index in [2.05, 4.69) is 5.32 Å². The first-order valence-electron chi connectivity index (χ1n) is 5.62. The van der Waals surface area contributed by atoms with Crippen molar-refractivity contribution in [2.75, 3.05) is 13.7 Å². The van der Waals surface area contributed by atoms with E-state index in [0.29, 0.717) is 6.42 Å². The van der Waals surface area contributed by atoms with Crippen molar-refractivity contribution in [3.8, 4) is 0 Å². The third-order valence-electron chi connectivity index (χ3n) is 3.35. The molecule has 1 aliphatic heterocycles. The third-order valence-corrected chi connectivity index (χ3v) is 3.35. The fraction of sp³-hybridized carbons (Fsp3) is 0.818. The molecule has 0 saturated carbocycles. The highest BCUT2D eigenvalue weighted by Gasteiger charge is 2.39. The van der Waals surface area contributed by atoms with E-state index in [1.165, 1.54) is 7.05 Å². The molecule has 1 heterocycles. The SMILES string of the molecule is CCC(C)(CCO)NC1CC(=O)N(C)C1=O. The van der Waals surface area contributed by atoms with E-state index in [-0.39, 0.29) is 30.4 Å². The molecule has 2 atom stereocenters. The second kappa shape index (κ2) is 4.93. The van der Waals surface area contributed by atoms with Crippen LogP contribution >= 0.6 is 0 Å². The quantitative estimate of drug-likeness (QED) is 0.644. The highest BCUT2D eigenvalue weighted by Crippen LogP contribution is 2.19. The summed E-state index contributed by atoms with van der Waals surface area (Å²) in [7, 11) is 1.50. The van der Waals surface area contributed by atoms with Crippen molar-refractivity contribution < 1.29 is 14.7 Å². The Morgan fingerprint density at radius 1 is 1.56 bits per heavy atom. The van der Waals surface area contributed by atoms with E-state index in [4.69, 9.17) is 5.11 Å². The maximum Gasteiger partial charge on any atom is 0.246 e. The Morgan fingerprint density at radius 3 is 2.56 bits per heavy atom. The van der Waals surface area contributed by atoms with Crippen LogP contribution in [0.15, 0.2) is 0 Å². The summed E-state index contributed by atoms with van der Waals surface area (Å²) in [6.45, 7) is 4.02. The molecule has 5 nitrogen and oxygen atoms in total. The van der Waals surface area contributed by atoms with Crippen LogP contribution in [0.3, 0.4) is 0 Å². The van der Waals surface area contributed by atoms with Crippen molar-refractivity contribution in [2.45, 2.75) is 44.7 Å². The summed E-state index contributed by atoms with van der Waals surface area (Å²) >= 11 is 0. The number of carbonyl (C=O) groups is 2. The summed E-state index contributed by atoms with van der Waals surface area (Å²) in [4.78, 5) is 24.2. The van der Waals surface area contributed by atoms with Crippen LogP contribution in [0.2, 0.25) is 0 Å². The average molecular weight is 228 g/mol. The lowest BCUT2D eigenvalue weighted by Crippen LogP contribution is -2.51. The second-order valence-corrected chi connectivity index (χ2v) is 4.58. The highest BCUT2D eigenvalue weighted by atomic mass is 16.3. The van der Waals surface area contributed by atoms with Crippen LogP contribution in [0.4, 0.5) is 0 Å². The zero-order valence-corrected chi connectivity index (χ0v) is 10.1. The summed E-state index contributed by atoms with van der Waals surface area (Å²) in [5.41, 5.74) is -0.291. The largest absolute Gasteiger partial charge is 0.396 e. The van der Waals surface area contributed by atoms with Gasteiger partial charge in [-0.3, -0.25) is 14.5 Å². The van der Waals surface area contributed by atoms with Gasteiger partial charge < -0.3 is 10.4 Å². The second-order valence-electron chi connectivity index (χ2n) is 4.58. The molecular weight excluding hydrogens is 208 g/mol. The van der Waals surface area contributed by atoms with Gasteiger partial charge in [-0.15, -0.1) is 0 Å². The molecule has 1 fully saturated rings. The number of nitrogens with one attached hydrogen (secondary N) is 1. The number of nitrogens with zero attached hydrogens (tertiary/aromatic N) is 1. The maximum absolute atomic E-state index is 11.7. The Hall–Kier alpha value is -0.940. The number of hydrogen-bond acceptors (Lipinski definition) is 4. The van der Waals surface area contributed by atoms with Crippen molar-refractivity contribution in [2.24, 2.45) is 0 Å². The molecular formula is C11H20N2O3. The summed E-state index contributed by atoms with van der Waals surface area (Å²) in [6, 6.07) is -0.436. The Labute approximate surface area is 95.8 Å². The van der Waals surface area contributed by atoms with Gasteiger partial charge in [-0.1, -0.05) is 6.92 Å². The van der Waals surface area contributed by atoms with Gasteiger partial charge in [0.05, 0.1) is 12.5 Å². The number of amides is 2. The predicted octanol–water partition coefficient (Wildman–Crippen LogP) is -0.116. The van der Waals surface area contributed by atoms with Crippen molar-refractivity contribution >= 4 is 11.8 Å². The van der Waals surface area contributed by atoms with Crippen LogP contribution in [0.25, 0.3) is 0 Å². The monoisotopic (exact) mass is 228 g/mol. The molecule has 1 saturated heterocycles. The van der Waals surface area contributed by atoms with Gasteiger partial charge in [0.15, 0.2) is 0 Å². The van der Waals surface area contributed by atoms with Crippen LogP contribution in [-0.2, 0) is 9.59 Å². The zero-order valence-electron chi connectivity index (χ0n) is 10.1. The Kier molecular flexibility index (Phi) is 4.04. The van der Waals surface area contributed by atoms with Crippen LogP contribution in [0.1, 0.15) is 33.1 Å². The fourth-order valence-electron chi connectivity index (χ4n) is 1.89. The van der Waals surface area contributed by atoms with Crippen molar-refractivity contribution in [1.82, 2.24) is 10.2 Å². The molecule has 0 bridgehead atoms. The summed E-state index contributed by atoms with van der Waals surface area (Å²) in [5.74, 6) is -0.326. The van der Waals surface area contributed by atoms with Crippen molar-refractivity contribution in [3.63, 3.8) is 0 Å². The number of rotatable bonds is 5. The lowest BCUT2D eigenvalue weighted by molar-refractivity contribution is -0.137. The molecule has 1 rings (SSSR count). The highest BCUT2D eigenvalue weighted by molar-refractivity contribution is 6.05. The Morgan fingerprint density at radius 2 is 2.19 bits per heavy atom. The number of likely N-dealkylation sites (tertiary alicyclic amines) is 1. The fourth-order valence-corrected chi connectivity index (χ4v) is 1.89. The van der Waals surface area contributed by atoms with Gasteiger partial charge in [-0.05, 0) is 19.8 Å². The molecule has 0 aliphatic carbocycles. The van der Waals surface area contributed by atoms with Crippen molar-refractivity contribution in [3.05, 3.63) is 0 Å². The first kappa shape index (κ1) is 13.1. The van der Waals surface area contributed by atoms with Gasteiger partial charge in [0.1, 0.15) is 0 Å². The van der Waals surface area contributed by atoms with Gasteiger partial charge in [-0.2, -0.15) is 0 Å². The van der Waals surface area contributed by atoms with E-state index in [1.807, 2.05) is 13.8 Å². The molecule has 0 aromatic rings. The topological polar surface area (TPSA) is 69.6 Å². The number of imide groups is 1. The van der Waals surface area contributed by atoms with Gasteiger partial charge in [-0.25, -0.2) is 0 Å². The first-order chi connectivity index (χ1) is 7.43. The number of aliphatic hydroxyl groups excluding tert-OH is 1. The van der Waals surface area contributed by atoms with Gasteiger partial charge in [0, 0.05) is 19.2 Å². The Balaban J connectivity index is 2.67. The maximum atomic E-state index is 11.7.